The SMILES string of the molecule is CSC(Cc1ncc[nH]1)N(CC(C)(F)F)C(=O)OC(C)(C)C. The Bertz CT molecular complexity index is 469. The zero-order valence-electron chi connectivity index (χ0n) is 13.5. The monoisotopic (exact) mass is 335 g/mol. The summed E-state index contributed by atoms with van der Waals surface area (Å²) in [7, 11) is 0. The summed E-state index contributed by atoms with van der Waals surface area (Å²) in [6.45, 7) is 5.19. The summed E-state index contributed by atoms with van der Waals surface area (Å²) in [6, 6.07) is 0. The molecule has 5 nitrogen and oxygen atoms in total. The highest BCUT2D eigenvalue weighted by atomic mass is 32.2. The van der Waals surface area contributed by atoms with Gasteiger partial charge in [0, 0.05) is 25.7 Å². The van der Waals surface area contributed by atoms with E-state index in [0.29, 0.717) is 12.2 Å². The fourth-order valence-corrected chi connectivity index (χ4v) is 2.54. The lowest BCUT2D eigenvalue weighted by molar-refractivity contribution is -0.0326. The van der Waals surface area contributed by atoms with Crippen molar-refractivity contribution in [2.75, 3.05) is 12.8 Å². The first-order valence-corrected chi connectivity index (χ1v) is 8.19. The van der Waals surface area contributed by atoms with E-state index >= 15 is 0 Å². The molecule has 8 heteroatoms. The Kier molecular flexibility index (Phi) is 6.22. The van der Waals surface area contributed by atoms with Crippen LogP contribution in [0.3, 0.4) is 0 Å². The van der Waals surface area contributed by atoms with Gasteiger partial charge in [-0.25, -0.2) is 18.6 Å². The number of carbonyl (C=O) groups is 1. The number of aromatic nitrogens is 2. The van der Waals surface area contributed by atoms with E-state index in [9.17, 15) is 13.6 Å². The number of thioether (sulfide) groups is 1. The Labute approximate surface area is 133 Å². The highest BCUT2D eigenvalue weighted by Crippen LogP contribution is 2.24. The predicted octanol–water partition coefficient (Wildman–Crippen LogP) is 3.53. The van der Waals surface area contributed by atoms with Crippen molar-refractivity contribution in [3.63, 3.8) is 0 Å². The number of ether oxygens (including phenoxy) is 1. The molecule has 1 unspecified atom stereocenters. The minimum atomic E-state index is -3.01. The van der Waals surface area contributed by atoms with Crippen molar-refractivity contribution >= 4 is 17.9 Å². The van der Waals surface area contributed by atoms with Crippen LogP contribution in [0.15, 0.2) is 12.4 Å². The average Bonchev–Trinajstić information content (AvgIpc) is 2.82. The summed E-state index contributed by atoms with van der Waals surface area (Å²) < 4.78 is 32.2. The maximum Gasteiger partial charge on any atom is 0.411 e. The molecule has 1 aromatic heterocycles. The second-order valence-corrected chi connectivity index (χ2v) is 7.12. The molecule has 0 aromatic carbocycles. The Morgan fingerprint density at radius 2 is 2.09 bits per heavy atom. The standard InChI is InChI=1S/C14H23F2N3O2S/c1-13(2,3)21-12(20)19(9-14(4,15)16)11(22-5)8-10-17-6-7-18-10/h6-7,11H,8-9H2,1-5H3,(H,17,18). The van der Waals surface area contributed by atoms with Gasteiger partial charge < -0.3 is 9.72 Å². The van der Waals surface area contributed by atoms with Crippen LogP contribution in [0.2, 0.25) is 0 Å². The molecule has 1 rings (SSSR count). The molecule has 0 fully saturated rings. The van der Waals surface area contributed by atoms with Gasteiger partial charge in [0.05, 0.1) is 11.9 Å². The molecule has 0 saturated heterocycles. The molecule has 22 heavy (non-hydrogen) atoms. The lowest BCUT2D eigenvalue weighted by atomic mass is 10.2. The van der Waals surface area contributed by atoms with Crippen molar-refractivity contribution in [3.8, 4) is 0 Å². The summed E-state index contributed by atoms with van der Waals surface area (Å²) in [4.78, 5) is 20.4. The summed E-state index contributed by atoms with van der Waals surface area (Å²) in [5.41, 5.74) is -0.744. The highest BCUT2D eigenvalue weighted by molar-refractivity contribution is 7.99. The molecule has 0 saturated carbocycles. The molecule has 1 N–H and O–H groups in total. The van der Waals surface area contributed by atoms with Crippen molar-refractivity contribution in [2.45, 2.75) is 51.0 Å². The van der Waals surface area contributed by atoms with E-state index in [4.69, 9.17) is 4.74 Å². The number of amides is 1. The third-order valence-corrected chi connectivity index (χ3v) is 3.58. The van der Waals surface area contributed by atoms with Gasteiger partial charge in [0.15, 0.2) is 0 Å². The number of halogens is 2. The van der Waals surface area contributed by atoms with Gasteiger partial charge in [0.2, 0.25) is 0 Å². The topological polar surface area (TPSA) is 58.2 Å². The molecular weight excluding hydrogens is 312 g/mol. The van der Waals surface area contributed by atoms with Crippen molar-refractivity contribution in [1.29, 1.82) is 0 Å². The fraction of sp³-hybridized carbons (Fsp3) is 0.714. The number of nitrogens with zero attached hydrogens (tertiary/aromatic N) is 2. The predicted molar refractivity (Wildman–Crippen MR) is 83.2 cm³/mol. The van der Waals surface area contributed by atoms with Gasteiger partial charge in [-0.2, -0.15) is 0 Å². The van der Waals surface area contributed by atoms with Crippen molar-refractivity contribution in [1.82, 2.24) is 14.9 Å². The van der Waals surface area contributed by atoms with Crippen LogP contribution in [0, 0.1) is 0 Å². The largest absolute Gasteiger partial charge is 0.444 e. The average molecular weight is 335 g/mol. The smallest absolute Gasteiger partial charge is 0.411 e. The quantitative estimate of drug-likeness (QED) is 0.808. The van der Waals surface area contributed by atoms with E-state index < -0.39 is 29.5 Å². The molecule has 1 atom stereocenters. The number of alkyl halides is 2. The van der Waals surface area contributed by atoms with Crippen LogP contribution in [0.1, 0.15) is 33.5 Å². The van der Waals surface area contributed by atoms with E-state index in [1.807, 2.05) is 0 Å². The van der Waals surface area contributed by atoms with Crippen LogP contribution < -0.4 is 0 Å². The van der Waals surface area contributed by atoms with Gasteiger partial charge >= 0.3 is 6.09 Å². The molecule has 1 aromatic rings. The van der Waals surface area contributed by atoms with Crippen molar-refractivity contribution in [2.24, 2.45) is 0 Å². The van der Waals surface area contributed by atoms with Gasteiger partial charge in [0.1, 0.15) is 11.4 Å². The molecule has 126 valence electrons. The van der Waals surface area contributed by atoms with Gasteiger partial charge in [-0.15, -0.1) is 11.8 Å². The number of hydrogen-bond acceptors (Lipinski definition) is 4. The maximum absolute atomic E-state index is 13.5. The van der Waals surface area contributed by atoms with Crippen molar-refractivity contribution in [3.05, 3.63) is 18.2 Å². The Hall–Kier alpha value is -1.31. The summed E-state index contributed by atoms with van der Waals surface area (Å²) in [6.07, 6.45) is 4.58. The number of imidazole rings is 1. The minimum absolute atomic E-state index is 0.337. The lowest BCUT2D eigenvalue weighted by Gasteiger charge is -2.33. The fourth-order valence-electron chi connectivity index (χ4n) is 1.80. The van der Waals surface area contributed by atoms with E-state index in [1.165, 1.54) is 11.8 Å². The number of carbonyl (C=O) groups excluding carboxylic acids is 1. The minimum Gasteiger partial charge on any atom is -0.444 e. The first-order valence-electron chi connectivity index (χ1n) is 6.90. The molecule has 0 spiro atoms. The van der Waals surface area contributed by atoms with Crippen LogP contribution in [0.5, 0.6) is 0 Å². The van der Waals surface area contributed by atoms with Gasteiger partial charge in [-0.05, 0) is 27.0 Å². The number of nitrogens with one attached hydrogen (secondary N) is 1. The normalized spacial score (nSPS) is 13.8. The number of aromatic amines is 1. The van der Waals surface area contributed by atoms with Crippen LogP contribution in [-0.4, -0.2) is 50.7 Å². The first kappa shape index (κ1) is 18.7. The van der Waals surface area contributed by atoms with Crippen LogP contribution in [-0.2, 0) is 11.2 Å². The third-order valence-electron chi connectivity index (χ3n) is 2.62. The van der Waals surface area contributed by atoms with Crippen LogP contribution >= 0.6 is 11.8 Å². The molecule has 0 radical (unpaired) electrons. The van der Waals surface area contributed by atoms with E-state index in [1.54, 1.807) is 39.4 Å². The third kappa shape index (κ3) is 6.64. The Morgan fingerprint density at radius 3 is 2.50 bits per heavy atom. The zero-order valence-corrected chi connectivity index (χ0v) is 14.3. The number of rotatable bonds is 6. The summed E-state index contributed by atoms with van der Waals surface area (Å²) >= 11 is 1.30. The van der Waals surface area contributed by atoms with E-state index in [2.05, 4.69) is 9.97 Å². The van der Waals surface area contributed by atoms with Gasteiger partial charge in [0.25, 0.3) is 5.92 Å². The zero-order chi connectivity index (χ0) is 17.0. The van der Waals surface area contributed by atoms with E-state index in [-0.39, 0.29) is 0 Å². The highest BCUT2D eigenvalue weighted by Gasteiger charge is 2.35. The number of H-pyrrole nitrogens is 1. The summed E-state index contributed by atoms with van der Waals surface area (Å²) in [5.74, 6) is -2.37. The van der Waals surface area contributed by atoms with Crippen LogP contribution in [0.4, 0.5) is 13.6 Å². The maximum atomic E-state index is 13.5. The lowest BCUT2D eigenvalue weighted by Crippen LogP contribution is -2.47. The van der Waals surface area contributed by atoms with Crippen LogP contribution in [0.25, 0.3) is 0 Å². The molecular formula is C14H23F2N3O2S. The number of hydrogen-bond donors (Lipinski definition) is 1. The molecule has 0 aliphatic carbocycles. The Morgan fingerprint density at radius 1 is 1.45 bits per heavy atom. The van der Waals surface area contributed by atoms with Crippen molar-refractivity contribution < 1.29 is 18.3 Å². The Balaban J connectivity index is 2.93. The van der Waals surface area contributed by atoms with Gasteiger partial charge in [-0.1, -0.05) is 0 Å². The second-order valence-electron chi connectivity index (χ2n) is 6.11. The molecule has 0 bridgehead atoms. The second kappa shape index (κ2) is 7.30. The molecule has 0 aliphatic heterocycles. The van der Waals surface area contributed by atoms with E-state index in [0.717, 1.165) is 11.8 Å². The first-order chi connectivity index (χ1) is 10.0. The molecule has 1 amide bonds. The molecule has 1 heterocycles. The summed E-state index contributed by atoms with van der Waals surface area (Å²) in [5, 5.41) is -0.494. The molecule has 0 aliphatic rings. The van der Waals surface area contributed by atoms with Gasteiger partial charge in [-0.3, -0.25) is 4.90 Å².